The number of benzene rings is 1. The maximum atomic E-state index is 11.8. The van der Waals surface area contributed by atoms with Gasteiger partial charge in [-0.05, 0) is 43.0 Å². The monoisotopic (exact) mass is 278 g/mol. The lowest BCUT2D eigenvalue weighted by Crippen LogP contribution is -2.26. The van der Waals surface area contributed by atoms with Gasteiger partial charge in [-0.2, -0.15) is 0 Å². The van der Waals surface area contributed by atoms with Gasteiger partial charge in [0.25, 0.3) is 5.91 Å². The maximum Gasteiger partial charge on any atom is 0.303 e. The smallest absolute Gasteiger partial charge is 0.303 e. The molecule has 1 unspecified atom stereocenters. The van der Waals surface area contributed by atoms with Crippen molar-refractivity contribution in [2.45, 2.75) is 32.6 Å². The van der Waals surface area contributed by atoms with Gasteiger partial charge in [0.15, 0.2) is 0 Å². The standard InChI is InChI=1S/C15H22N2O3/c1-2-11(3-8-14(18)19)9-10-17-15(20)12-4-6-13(16)7-5-12/h4-7,11H,2-3,8-10,16H2,1H3,(H,17,20)(H,18,19). The van der Waals surface area contributed by atoms with Crippen molar-refractivity contribution in [1.82, 2.24) is 5.32 Å². The van der Waals surface area contributed by atoms with E-state index in [0.717, 1.165) is 12.8 Å². The third-order valence-corrected chi connectivity index (χ3v) is 3.35. The highest BCUT2D eigenvalue weighted by Gasteiger charge is 2.10. The normalized spacial score (nSPS) is 11.8. The maximum absolute atomic E-state index is 11.8. The molecular weight excluding hydrogens is 256 g/mol. The van der Waals surface area contributed by atoms with E-state index >= 15 is 0 Å². The third-order valence-electron chi connectivity index (χ3n) is 3.35. The van der Waals surface area contributed by atoms with Crippen LogP contribution in [0.3, 0.4) is 0 Å². The summed E-state index contributed by atoms with van der Waals surface area (Å²) >= 11 is 0. The van der Waals surface area contributed by atoms with Crippen LogP contribution >= 0.6 is 0 Å². The quantitative estimate of drug-likeness (QED) is 0.636. The van der Waals surface area contributed by atoms with Crippen LogP contribution in [-0.4, -0.2) is 23.5 Å². The molecule has 5 nitrogen and oxygen atoms in total. The summed E-state index contributed by atoms with van der Waals surface area (Å²) in [5.41, 5.74) is 6.77. The van der Waals surface area contributed by atoms with Crippen molar-refractivity contribution in [1.29, 1.82) is 0 Å². The highest BCUT2D eigenvalue weighted by molar-refractivity contribution is 5.94. The molecule has 4 N–H and O–H groups in total. The van der Waals surface area contributed by atoms with E-state index in [1.165, 1.54) is 0 Å². The first-order valence-electron chi connectivity index (χ1n) is 6.88. The van der Waals surface area contributed by atoms with Crippen molar-refractivity contribution in [3.05, 3.63) is 29.8 Å². The van der Waals surface area contributed by atoms with Gasteiger partial charge in [-0.25, -0.2) is 0 Å². The van der Waals surface area contributed by atoms with Gasteiger partial charge in [0.2, 0.25) is 0 Å². The Morgan fingerprint density at radius 1 is 1.25 bits per heavy atom. The zero-order chi connectivity index (χ0) is 15.0. The molecule has 1 rings (SSSR count). The Morgan fingerprint density at radius 3 is 2.45 bits per heavy atom. The summed E-state index contributed by atoms with van der Waals surface area (Å²) in [7, 11) is 0. The summed E-state index contributed by atoms with van der Waals surface area (Å²) in [5.74, 6) is -0.565. The van der Waals surface area contributed by atoms with Gasteiger partial charge in [0.1, 0.15) is 0 Å². The SMILES string of the molecule is CCC(CCNC(=O)c1ccc(N)cc1)CCC(=O)O. The van der Waals surface area contributed by atoms with Gasteiger partial charge in [-0.15, -0.1) is 0 Å². The van der Waals surface area contributed by atoms with Crippen molar-refractivity contribution in [3.63, 3.8) is 0 Å². The van der Waals surface area contributed by atoms with E-state index in [-0.39, 0.29) is 12.3 Å². The molecule has 0 bridgehead atoms. The summed E-state index contributed by atoms with van der Waals surface area (Å²) in [5, 5.41) is 11.5. The second-order valence-electron chi connectivity index (χ2n) is 4.87. The fraction of sp³-hybridized carbons (Fsp3) is 0.467. The van der Waals surface area contributed by atoms with E-state index in [2.05, 4.69) is 5.32 Å². The Hall–Kier alpha value is -2.04. The van der Waals surface area contributed by atoms with Gasteiger partial charge in [-0.3, -0.25) is 9.59 Å². The van der Waals surface area contributed by atoms with Crippen molar-refractivity contribution >= 4 is 17.6 Å². The second-order valence-corrected chi connectivity index (χ2v) is 4.87. The fourth-order valence-corrected chi connectivity index (χ4v) is 2.01. The predicted octanol–water partition coefficient (Wildman–Crippen LogP) is 2.28. The van der Waals surface area contributed by atoms with E-state index in [9.17, 15) is 9.59 Å². The molecule has 0 heterocycles. The van der Waals surface area contributed by atoms with E-state index in [0.29, 0.717) is 30.1 Å². The Kier molecular flexibility index (Phi) is 6.56. The first-order chi connectivity index (χ1) is 9.52. The molecule has 5 heteroatoms. The minimum atomic E-state index is -0.769. The van der Waals surface area contributed by atoms with Crippen molar-refractivity contribution in [2.24, 2.45) is 5.92 Å². The number of carbonyl (C=O) groups is 2. The van der Waals surface area contributed by atoms with Crippen LogP contribution in [0.1, 0.15) is 43.0 Å². The number of nitrogens with two attached hydrogens (primary N) is 1. The number of anilines is 1. The van der Waals surface area contributed by atoms with Gasteiger partial charge < -0.3 is 16.2 Å². The van der Waals surface area contributed by atoms with E-state index < -0.39 is 5.97 Å². The molecule has 1 atom stereocenters. The summed E-state index contributed by atoms with van der Waals surface area (Å²) in [6.07, 6.45) is 2.56. The van der Waals surface area contributed by atoms with Crippen LogP contribution in [0.2, 0.25) is 0 Å². The van der Waals surface area contributed by atoms with Crippen molar-refractivity contribution in [2.75, 3.05) is 12.3 Å². The van der Waals surface area contributed by atoms with Crippen LogP contribution in [0, 0.1) is 5.92 Å². The molecule has 0 aromatic heterocycles. The van der Waals surface area contributed by atoms with E-state index in [1.54, 1.807) is 24.3 Å². The Morgan fingerprint density at radius 2 is 1.90 bits per heavy atom. The number of hydrogen-bond donors (Lipinski definition) is 3. The summed E-state index contributed by atoms with van der Waals surface area (Å²) in [4.78, 5) is 22.4. The number of nitrogen functional groups attached to an aromatic ring is 1. The molecule has 0 saturated carbocycles. The Balaban J connectivity index is 2.33. The predicted molar refractivity (Wildman–Crippen MR) is 78.5 cm³/mol. The molecule has 1 aromatic rings. The lowest BCUT2D eigenvalue weighted by atomic mass is 9.96. The van der Waals surface area contributed by atoms with Crippen molar-refractivity contribution < 1.29 is 14.7 Å². The lowest BCUT2D eigenvalue weighted by molar-refractivity contribution is -0.137. The highest BCUT2D eigenvalue weighted by Crippen LogP contribution is 2.14. The van der Waals surface area contributed by atoms with Gasteiger partial charge in [0, 0.05) is 24.2 Å². The number of nitrogens with one attached hydrogen (secondary N) is 1. The largest absolute Gasteiger partial charge is 0.481 e. The number of carbonyl (C=O) groups excluding carboxylic acids is 1. The van der Waals surface area contributed by atoms with Crippen LogP contribution in [0.5, 0.6) is 0 Å². The summed E-state index contributed by atoms with van der Waals surface area (Å²) in [6, 6.07) is 6.76. The van der Waals surface area contributed by atoms with Crippen LogP contribution in [0.15, 0.2) is 24.3 Å². The Labute approximate surface area is 119 Å². The van der Waals surface area contributed by atoms with Crippen molar-refractivity contribution in [3.8, 4) is 0 Å². The molecule has 0 spiro atoms. The first-order valence-corrected chi connectivity index (χ1v) is 6.88. The molecule has 0 aliphatic heterocycles. The molecule has 0 aliphatic rings. The average molecular weight is 278 g/mol. The van der Waals surface area contributed by atoms with Crippen LogP contribution in [0.25, 0.3) is 0 Å². The van der Waals surface area contributed by atoms with Crippen LogP contribution in [-0.2, 0) is 4.79 Å². The molecule has 0 aliphatic carbocycles. The zero-order valence-corrected chi connectivity index (χ0v) is 11.8. The molecule has 20 heavy (non-hydrogen) atoms. The third kappa shape index (κ3) is 5.73. The minimum absolute atomic E-state index is 0.127. The molecule has 1 aromatic carbocycles. The fourth-order valence-electron chi connectivity index (χ4n) is 2.01. The molecule has 110 valence electrons. The lowest BCUT2D eigenvalue weighted by Gasteiger charge is -2.14. The van der Waals surface area contributed by atoms with Crippen LogP contribution < -0.4 is 11.1 Å². The topological polar surface area (TPSA) is 92.4 Å². The molecule has 0 saturated heterocycles. The van der Waals surface area contributed by atoms with E-state index in [4.69, 9.17) is 10.8 Å². The summed E-state index contributed by atoms with van der Waals surface area (Å²) < 4.78 is 0. The summed E-state index contributed by atoms with van der Waals surface area (Å²) in [6.45, 7) is 2.59. The number of carboxylic acids is 1. The molecular formula is C15H22N2O3. The second kappa shape index (κ2) is 8.19. The zero-order valence-electron chi connectivity index (χ0n) is 11.8. The van der Waals surface area contributed by atoms with Gasteiger partial charge >= 0.3 is 5.97 Å². The molecule has 1 amide bonds. The number of hydrogen-bond acceptors (Lipinski definition) is 3. The van der Waals surface area contributed by atoms with Gasteiger partial charge in [-0.1, -0.05) is 13.3 Å². The van der Waals surface area contributed by atoms with Crippen LogP contribution in [0.4, 0.5) is 5.69 Å². The first kappa shape index (κ1) is 16.0. The Bertz CT molecular complexity index is 443. The number of carboxylic acid groups (broad SMARTS) is 1. The number of amides is 1. The van der Waals surface area contributed by atoms with Gasteiger partial charge in [0.05, 0.1) is 0 Å². The highest BCUT2D eigenvalue weighted by atomic mass is 16.4. The molecule has 0 fully saturated rings. The van der Waals surface area contributed by atoms with E-state index in [1.807, 2.05) is 6.92 Å². The number of rotatable bonds is 8. The average Bonchev–Trinajstić information content (AvgIpc) is 2.42. The molecule has 0 radical (unpaired) electrons. The number of aliphatic carboxylic acids is 1. The minimum Gasteiger partial charge on any atom is -0.481 e.